The first-order valence-electron chi connectivity index (χ1n) is 13.3. The first-order chi connectivity index (χ1) is 18.3. The summed E-state index contributed by atoms with van der Waals surface area (Å²) in [5, 5.41) is 20.3. The summed E-state index contributed by atoms with van der Waals surface area (Å²) in [5.41, 5.74) is 4.41. The Labute approximate surface area is 222 Å². The Morgan fingerprint density at radius 3 is 2.76 bits per heavy atom. The Balaban J connectivity index is 1.48. The SMILES string of the molecule is CCCC1=C2[C@@H](CC/C(=C/c3ccc(O)c(F)c3)c3ccccn3)OB(O)C[C@@H]2[C@@H]2C(=O)N(C)C(=O)[C@@H]2C1. The van der Waals surface area contributed by atoms with E-state index in [1.54, 1.807) is 19.3 Å². The van der Waals surface area contributed by atoms with Gasteiger partial charge >= 0.3 is 7.12 Å². The van der Waals surface area contributed by atoms with E-state index in [1.165, 1.54) is 17.0 Å². The quantitative estimate of drug-likeness (QED) is 0.319. The normalized spacial score (nSPS) is 25.6. The van der Waals surface area contributed by atoms with Gasteiger partial charge in [0, 0.05) is 13.2 Å². The number of hydrogen-bond acceptors (Lipinski definition) is 6. The first kappa shape index (κ1) is 26.3. The lowest BCUT2D eigenvalue weighted by molar-refractivity contribution is -0.138. The van der Waals surface area contributed by atoms with Gasteiger partial charge in [-0.3, -0.25) is 19.5 Å². The van der Waals surface area contributed by atoms with Crippen LogP contribution in [-0.2, 0) is 14.2 Å². The molecule has 0 unspecified atom stereocenters. The van der Waals surface area contributed by atoms with E-state index in [1.807, 2.05) is 24.3 Å². The van der Waals surface area contributed by atoms with Gasteiger partial charge in [-0.05, 0) is 85.0 Å². The van der Waals surface area contributed by atoms with E-state index in [2.05, 4.69) is 11.9 Å². The van der Waals surface area contributed by atoms with E-state index in [-0.39, 0.29) is 23.7 Å². The van der Waals surface area contributed by atoms with Crippen LogP contribution in [0.5, 0.6) is 5.75 Å². The van der Waals surface area contributed by atoms with Crippen molar-refractivity contribution in [2.45, 2.75) is 51.5 Å². The summed E-state index contributed by atoms with van der Waals surface area (Å²) in [6.07, 6.45) is 6.72. The average Bonchev–Trinajstić information content (AvgIpc) is 3.12. The number of aromatic nitrogens is 1. The summed E-state index contributed by atoms with van der Waals surface area (Å²) < 4.78 is 20.1. The molecule has 2 aromatic rings. The van der Waals surface area contributed by atoms with E-state index < -0.39 is 30.7 Å². The Morgan fingerprint density at radius 2 is 2.05 bits per heavy atom. The Morgan fingerprint density at radius 1 is 1.24 bits per heavy atom. The van der Waals surface area contributed by atoms with Crippen molar-refractivity contribution in [1.29, 1.82) is 0 Å². The van der Waals surface area contributed by atoms with Gasteiger partial charge in [0.15, 0.2) is 11.6 Å². The molecule has 4 atom stereocenters. The number of pyridine rings is 1. The minimum absolute atomic E-state index is 0.133. The molecule has 0 spiro atoms. The van der Waals surface area contributed by atoms with Crippen molar-refractivity contribution in [2.24, 2.45) is 17.8 Å². The van der Waals surface area contributed by atoms with Crippen molar-refractivity contribution < 1.29 is 28.8 Å². The maximum absolute atomic E-state index is 14.0. The van der Waals surface area contributed by atoms with E-state index in [0.717, 1.165) is 35.3 Å². The molecule has 7 nitrogen and oxygen atoms in total. The smallest absolute Gasteiger partial charge is 0.455 e. The van der Waals surface area contributed by atoms with E-state index in [9.17, 15) is 24.1 Å². The number of rotatable bonds is 7. The molecule has 1 aliphatic carbocycles. The van der Waals surface area contributed by atoms with Crippen LogP contribution in [0.3, 0.4) is 0 Å². The van der Waals surface area contributed by atoms with Crippen LogP contribution in [0.15, 0.2) is 53.7 Å². The van der Waals surface area contributed by atoms with Gasteiger partial charge in [0.25, 0.3) is 0 Å². The van der Waals surface area contributed by atoms with Crippen molar-refractivity contribution >= 4 is 30.6 Å². The zero-order valence-electron chi connectivity index (χ0n) is 21.6. The third-order valence-corrected chi connectivity index (χ3v) is 8.06. The summed E-state index contributed by atoms with van der Waals surface area (Å²) in [6, 6.07) is 9.82. The van der Waals surface area contributed by atoms with Crippen LogP contribution < -0.4 is 0 Å². The predicted molar refractivity (Wildman–Crippen MR) is 142 cm³/mol. The van der Waals surface area contributed by atoms with Gasteiger partial charge in [0.2, 0.25) is 11.8 Å². The molecular weight excluding hydrogens is 486 g/mol. The zero-order valence-corrected chi connectivity index (χ0v) is 21.6. The summed E-state index contributed by atoms with van der Waals surface area (Å²) in [4.78, 5) is 31.7. The molecule has 2 saturated heterocycles. The highest BCUT2D eigenvalue weighted by Gasteiger charge is 2.56. The number of carbonyl (C=O) groups is 2. The average molecular weight is 518 g/mol. The highest BCUT2D eigenvalue weighted by molar-refractivity contribution is 6.43. The molecular formula is C29H32BFN2O5. The second kappa shape index (κ2) is 10.8. The fourth-order valence-electron chi connectivity index (χ4n) is 6.39. The van der Waals surface area contributed by atoms with Crippen LogP contribution in [0.4, 0.5) is 4.39 Å². The molecule has 2 fully saturated rings. The van der Waals surface area contributed by atoms with Crippen molar-refractivity contribution in [2.75, 3.05) is 7.05 Å². The number of imide groups is 1. The van der Waals surface area contributed by atoms with Gasteiger partial charge in [0.05, 0.1) is 23.6 Å². The molecule has 0 saturated carbocycles. The minimum Gasteiger partial charge on any atom is -0.505 e. The molecule has 2 amide bonds. The Kier molecular flexibility index (Phi) is 7.50. The fraction of sp³-hybridized carbons (Fsp3) is 0.414. The Bertz CT molecular complexity index is 1300. The zero-order chi connectivity index (χ0) is 27.0. The number of allylic oxidation sites excluding steroid dienone is 2. The molecule has 1 aromatic carbocycles. The standard InChI is InChI=1S/C29H32BFN2O5/c1-3-6-19-15-20-27(29(36)33(2)28(20)35)21-16-30(37)38-25(26(19)21)11-9-18(23-7-4-5-12-32-23)13-17-8-10-24(34)22(31)14-17/h4-5,7-8,10,12-14,20-21,25,27,34,37H,3,6,9,11,15-16H2,1-2H3/b18-13-/t20-,21+,25-,27-/m1/s1. The van der Waals surface area contributed by atoms with Gasteiger partial charge < -0.3 is 14.8 Å². The summed E-state index contributed by atoms with van der Waals surface area (Å²) >= 11 is 0. The van der Waals surface area contributed by atoms with Crippen molar-refractivity contribution in [3.05, 3.63) is 70.8 Å². The van der Waals surface area contributed by atoms with Crippen LogP contribution in [0.25, 0.3) is 11.6 Å². The summed E-state index contributed by atoms with van der Waals surface area (Å²) in [7, 11) is 0.517. The molecule has 3 aliphatic rings. The summed E-state index contributed by atoms with van der Waals surface area (Å²) in [6.45, 7) is 2.09. The molecule has 198 valence electrons. The second-order valence-electron chi connectivity index (χ2n) is 10.4. The summed E-state index contributed by atoms with van der Waals surface area (Å²) in [5.74, 6) is -2.49. The van der Waals surface area contributed by atoms with Crippen molar-refractivity contribution in [1.82, 2.24) is 9.88 Å². The number of nitrogens with zero attached hydrogens (tertiary/aromatic N) is 2. The lowest BCUT2D eigenvalue weighted by Crippen LogP contribution is -2.46. The van der Waals surface area contributed by atoms with Crippen LogP contribution in [0, 0.1) is 23.6 Å². The fourth-order valence-corrected chi connectivity index (χ4v) is 6.39. The Hall–Kier alpha value is -3.30. The third kappa shape index (κ3) is 4.92. The van der Waals surface area contributed by atoms with Gasteiger partial charge in [-0.1, -0.05) is 31.1 Å². The van der Waals surface area contributed by atoms with Crippen LogP contribution in [-0.4, -0.2) is 52.1 Å². The van der Waals surface area contributed by atoms with Gasteiger partial charge in [-0.2, -0.15) is 0 Å². The monoisotopic (exact) mass is 518 g/mol. The van der Waals surface area contributed by atoms with Gasteiger partial charge in [-0.15, -0.1) is 0 Å². The van der Waals surface area contributed by atoms with Crippen molar-refractivity contribution in [3.8, 4) is 5.75 Å². The van der Waals surface area contributed by atoms with E-state index in [0.29, 0.717) is 31.1 Å². The van der Waals surface area contributed by atoms with Crippen molar-refractivity contribution in [3.63, 3.8) is 0 Å². The third-order valence-electron chi connectivity index (χ3n) is 8.06. The number of benzene rings is 1. The molecule has 2 N–H and O–H groups in total. The largest absolute Gasteiger partial charge is 0.505 e. The highest BCUT2D eigenvalue weighted by atomic mass is 19.1. The number of phenolic OH excluding ortho intramolecular Hbond substituents is 1. The number of carbonyl (C=O) groups excluding carboxylic acids is 2. The number of phenols is 1. The molecule has 38 heavy (non-hydrogen) atoms. The van der Waals surface area contributed by atoms with Gasteiger partial charge in [-0.25, -0.2) is 4.39 Å². The van der Waals surface area contributed by atoms with E-state index in [4.69, 9.17) is 4.65 Å². The maximum Gasteiger partial charge on any atom is 0.455 e. The number of likely N-dealkylation sites (tertiary alicyclic amines) is 1. The minimum atomic E-state index is -1.03. The molecule has 0 bridgehead atoms. The van der Waals surface area contributed by atoms with Crippen LogP contribution in [0.1, 0.15) is 50.3 Å². The van der Waals surface area contributed by atoms with E-state index >= 15 is 0 Å². The molecule has 1 aromatic heterocycles. The lowest BCUT2D eigenvalue weighted by atomic mass is 9.58. The lowest BCUT2D eigenvalue weighted by Gasteiger charge is -2.43. The van der Waals surface area contributed by atoms with Crippen LogP contribution >= 0.6 is 0 Å². The topological polar surface area (TPSA) is 100.0 Å². The van der Waals surface area contributed by atoms with Gasteiger partial charge in [0.1, 0.15) is 0 Å². The predicted octanol–water partition coefficient (Wildman–Crippen LogP) is 4.47. The maximum atomic E-state index is 14.0. The molecule has 0 radical (unpaired) electrons. The number of hydrogen-bond donors (Lipinski definition) is 2. The first-order valence-corrected chi connectivity index (χ1v) is 13.3. The number of halogens is 1. The number of aromatic hydroxyl groups is 1. The second-order valence-corrected chi connectivity index (χ2v) is 10.4. The molecule has 2 aliphatic heterocycles. The number of amides is 2. The molecule has 5 rings (SSSR count). The molecule has 3 heterocycles. The highest BCUT2D eigenvalue weighted by Crippen LogP contribution is 2.51. The van der Waals surface area contributed by atoms with Crippen LogP contribution in [0.2, 0.25) is 6.32 Å². The molecule has 9 heteroatoms. The number of fused-ring (bicyclic) bond motifs is 3.